The van der Waals surface area contributed by atoms with Gasteiger partial charge in [-0.3, -0.25) is 0 Å². The van der Waals surface area contributed by atoms with Gasteiger partial charge in [-0.25, -0.2) is 14.8 Å². The van der Waals surface area contributed by atoms with Crippen molar-refractivity contribution in [2.45, 2.75) is 0 Å². The quantitative estimate of drug-likeness (QED) is 0.283. The molecular formula is C19H12N2O5S. The molecule has 4 aromatic rings. The van der Waals surface area contributed by atoms with E-state index in [9.17, 15) is 20.1 Å². The van der Waals surface area contributed by atoms with Crippen LogP contribution in [-0.4, -0.2) is 26.5 Å². The first-order valence-electron chi connectivity index (χ1n) is 7.80. The van der Waals surface area contributed by atoms with Crippen molar-refractivity contribution < 1.29 is 19.7 Å². The number of para-hydroxylation sites is 1. The Hall–Kier alpha value is -3.65. The Kier molecular flexibility index (Phi) is 4.09. The predicted octanol–water partition coefficient (Wildman–Crippen LogP) is 3.78. The summed E-state index contributed by atoms with van der Waals surface area (Å²) >= 11 is 1.22. The van der Waals surface area contributed by atoms with Crippen LogP contribution in [0.15, 0.2) is 62.9 Å². The highest BCUT2D eigenvalue weighted by atomic mass is 32.1. The topological polar surface area (TPSA) is 116 Å². The maximum absolute atomic E-state index is 12.1. The smallest absolute Gasteiger partial charge is 0.348 e. The molecule has 0 radical (unpaired) electrons. The lowest BCUT2D eigenvalue weighted by atomic mass is 10.1. The van der Waals surface area contributed by atoms with E-state index in [0.717, 1.165) is 0 Å². The van der Waals surface area contributed by atoms with Gasteiger partial charge in [0.1, 0.15) is 16.9 Å². The molecule has 0 saturated heterocycles. The lowest BCUT2D eigenvalue weighted by Crippen LogP contribution is -2.06. The van der Waals surface area contributed by atoms with Crippen LogP contribution in [0.3, 0.4) is 0 Å². The van der Waals surface area contributed by atoms with Crippen molar-refractivity contribution in [3.63, 3.8) is 0 Å². The molecule has 27 heavy (non-hydrogen) atoms. The summed E-state index contributed by atoms with van der Waals surface area (Å²) in [5.41, 5.74) is 0.195. The van der Waals surface area contributed by atoms with Gasteiger partial charge >= 0.3 is 5.63 Å². The van der Waals surface area contributed by atoms with Gasteiger partial charge in [0.05, 0.1) is 10.3 Å². The van der Waals surface area contributed by atoms with Crippen molar-refractivity contribution in [1.29, 1.82) is 0 Å². The maximum atomic E-state index is 12.1. The van der Waals surface area contributed by atoms with Crippen molar-refractivity contribution in [3.05, 3.63) is 64.6 Å². The molecule has 0 amide bonds. The van der Waals surface area contributed by atoms with Gasteiger partial charge < -0.3 is 19.7 Å². The Morgan fingerprint density at radius 1 is 1.07 bits per heavy atom. The van der Waals surface area contributed by atoms with Crippen molar-refractivity contribution in [1.82, 2.24) is 4.98 Å². The van der Waals surface area contributed by atoms with Gasteiger partial charge in [-0.2, -0.15) is 0 Å². The number of hydrogen-bond donors (Lipinski definition) is 3. The number of hydrogen-bond acceptors (Lipinski definition) is 8. The van der Waals surface area contributed by atoms with Crippen molar-refractivity contribution in [2.24, 2.45) is 4.99 Å². The van der Waals surface area contributed by atoms with Crippen LogP contribution in [0, 0.1) is 0 Å². The number of phenols is 2. The minimum absolute atomic E-state index is 0.0623. The van der Waals surface area contributed by atoms with Crippen LogP contribution >= 0.6 is 11.3 Å². The number of nitrogens with zero attached hydrogens (tertiary/aromatic N) is 2. The van der Waals surface area contributed by atoms with Gasteiger partial charge in [-0.1, -0.05) is 23.5 Å². The van der Waals surface area contributed by atoms with Crippen LogP contribution in [0.4, 0.5) is 5.13 Å². The summed E-state index contributed by atoms with van der Waals surface area (Å²) in [4.78, 5) is 21.1. The number of aromatic nitrogens is 1. The van der Waals surface area contributed by atoms with E-state index < -0.39 is 5.63 Å². The summed E-state index contributed by atoms with van der Waals surface area (Å²) in [6.07, 6.45) is 2.77. The maximum Gasteiger partial charge on any atom is 0.348 e. The Labute approximate surface area is 156 Å². The summed E-state index contributed by atoms with van der Waals surface area (Å²) in [5.74, 6) is -0.643. The molecule has 7 nitrogen and oxygen atoms in total. The van der Waals surface area contributed by atoms with Gasteiger partial charge in [0.25, 0.3) is 0 Å². The van der Waals surface area contributed by atoms with E-state index in [-0.39, 0.29) is 22.8 Å². The normalized spacial score (nSPS) is 11.4. The van der Waals surface area contributed by atoms with Gasteiger partial charge in [0, 0.05) is 12.4 Å². The molecule has 2 aromatic heterocycles. The molecule has 4 rings (SSSR count). The van der Waals surface area contributed by atoms with Crippen LogP contribution in [0.5, 0.6) is 17.2 Å². The Bertz CT molecular complexity index is 1240. The molecule has 2 heterocycles. The van der Waals surface area contributed by atoms with E-state index in [1.807, 2.05) is 0 Å². The largest absolute Gasteiger partial charge is 0.506 e. The SMILES string of the molecule is O=c1oc2ccccc2c(O)c1/C=N/c1ncc(-c2ccc(O)c(O)c2)s1. The lowest BCUT2D eigenvalue weighted by molar-refractivity contribution is 0.404. The van der Waals surface area contributed by atoms with E-state index in [1.54, 1.807) is 36.5 Å². The first-order chi connectivity index (χ1) is 13.0. The molecule has 0 saturated carbocycles. The van der Waals surface area contributed by atoms with E-state index in [0.29, 0.717) is 26.5 Å². The average molecular weight is 380 g/mol. The van der Waals surface area contributed by atoms with Gasteiger partial charge in [0.15, 0.2) is 11.5 Å². The molecule has 0 aliphatic carbocycles. The highest BCUT2D eigenvalue weighted by Gasteiger charge is 2.12. The third-order valence-corrected chi connectivity index (χ3v) is 4.83. The average Bonchev–Trinajstić information content (AvgIpc) is 3.13. The molecule has 0 aliphatic heterocycles. The van der Waals surface area contributed by atoms with Crippen LogP contribution < -0.4 is 5.63 Å². The second-order valence-electron chi connectivity index (χ2n) is 5.62. The molecule has 0 atom stereocenters. The highest BCUT2D eigenvalue weighted by molar-refractivity contribution is 7.18. The Morgan fingerprint density at radius 3 is 2.70 bits per heavy atom. The monoisotopic (exact) mass is 380 g/mol. The fourth-order valence-corrected chi connectivity index (χ4v) is 3.27. The Balaban J connectivity index is 1.68. The molecule has 0 unspecified atom stereocenters. The predicted molar refractivity (Wildman–Crippen MR) is 102 cm³/mol. The van der Waals surface area contributed by atoms with Gasteiger partial charge in [-0.15, -0.1) is 0 Å². The van der Waals surface area contributed by atoms with Gasteiger partial charge in [0.2, 0.25) is 5.13 Å². The van der Waals surface area contributed by atoms with E-state index in [2.05, 4.69) is 9.98 Å². The molecule has 3 N–H and O–H groups in total. The second-order valence-corrected chi connectivity index (χ2v) is 6.63. The number of aromatic hydroxyl groups is 3. The van der Waals surface area contributed by atoms with Crippen LogP contribution in [0.25, 0.3) is 21.4 Å². The standard InChI is InChI=1S/C19H12N2O5S/c22-13-6-5-10(7-14(13)23)16-9-21-19(27-16)20-8-12-17(24)11-3-1-2-4-15(11)26-18(12)25/h1-9,22-24H/b20-8+. The van der Waals surface area contributed by atoms with Crippen LogP contribution in [0.1, 0.15) is 5.56 Å². The summed E-state index contributed by atoms with van der Waals surface area (Å²) in [7, 11) is 0. The molecule has 0 bridgehead atoms. The summed E-state index contributed by atoms with van der Waals surface area (Å²) in [5, 5.41) is 30.1. The molecule has 8 heteroatoms. The minimum atomic E-state index is -0.699. The first kappa shape index (κ1) is 16.8. The zero-order chi connectivity index (χ0) is 19.0. The first-order valence-corrected chi connectivity index (χ1v) is 8.61. The third-order valence-electron chi connectivity index (χ3n) is 3.88. The number of phenolic OH excluding ortho intramolecular Hbond substituents is 2. The number of fused-ring (bicyclic) bond motifs is 1. The molecule has 0 spiro atoms. The van der Waals surface area contributed by atoms with E-state index >= 15 is 0 Å². The van der Waals surface area contributed by atoms with Crippen LogP contribution in [-0.2, 0) is 0 Å². The molecular weight excluding hydrogens is 368 g/mol. The Morgan fingerprint density at radius 2 is 1.89 bits per heavy atom. The van der Waals surface area contributed by atoms with Crippen molar-refractivity contribution in [2.75, 3.05) is 0 Å². The summed E-state index contributed by atoms with van der Waals surface area (Å²) in [6, 6.07) is 11.1. The third kappa shape index (κ3) is 3.13. The number of benzene rings is 2. The fraction of sp³-hybridized carbons (Fsp3) is 0. The molecule has 2 aromatic carbocycles. The zero-order valence-electron chi connectivity index (χ0n) is 13.7. The molecule has 0 aliphatic rings. The summed E-state index contributed by atoms with van der Waals surface area (Å²) < 4.78 is 5.19. The van der Waals surface area contributed by atoms with Crippen molar-refractivity contribution in [3.8, 4) is 27.7 Å². The zero-order valence-corrected chi connectivity index (χ0v) is 14.5. The second kappa shape index (κ2) is 6.58. The fourth-order valence-electron chi connectivity index (χ4n) is 2.52. The number of aliphatic imine (C=N–C) groups is 1. The number of rotatable bonds is 3. The highest BCUT2D eigenvalue weighted by Crippen LogP contribution is 2.35. The van der Waals surface area contributed by atoms with Gasteiger partial charge in [-0.05, 0) is 35.9 Å². The molecule has 0 fully saturated rings. The van der Waals surface area contributed by atoms with E-state index in [4.69, 9.17) is 4.42 Å². The summed E-state index contributed by atoms with van der Waals surface area (Å²) in [6.45, 7) is 0. The van der Waals surface area contributed by atoms with E-state index in [1.165, 1.54) is 29.7 Å². The molecule has 134 valence electrons. The number of thiazole rings is 1. The van der Waals surface area contributed by atoms with Crippen molar-refractivity contribution >= 4 is 33.7 Å². The lowest BCUT2D eigenvalue weighted by Gasteiger charge is -2.01. The van der Waals surface area contributed by atoms with Crippen LogP contribution in [0.2, 0.25) is 0 Å². The minimum Gasteiger partial charge on any atom is -0.506 e.